The number of hydrogen-bond donors (Lipinski definition) is 2. The number of hydrogen-bond acceptors (Lipinski definition) is 3. The Morgan fingerprint density at radius 1 is 1.12 bits per heavy atom. The van der Waals surface area contributed by atoms with Gasteiger partial charge in [-0.3, -0.25) is 9.78 Å². The largest absolute Gasteiger partial charge is 0.394 e. The summed E-state index contributed by atoms with van der Waals surface area (Å²) < 4.78 is 39.8. The van der Waals surface area contributed by atoms with E-state index in [1.165, 1.54) is 6.20 Å². The summed E-state index contributed by atoms with van der Waals surface area (Å²) >= 11 is 0. The van der Waals surface area contributed by atoms with Gasteiger partial charge in [-0.15, -0.1) is 0 Å². The first kappa shape index (κ1) is 16.9. The predicted molar refractivity (Wildman–Crippen MR) is 85.4 cm³/mol. The zero-order chi connectivity index (χ0) is 18.0. The van der Waals surface area contributed by atoms with Crippen LogP contribution in [0.1, 0.15) is 22.1 Å². The van der Waals surface area contributed by atoms with Crippen molar-refractivity contribution in [2.45, 2.75) is 6.04 Å². The van der Waals surface area contributed by atoms with Crippen LogP contribution in [0.25, 0.3) is 10.8 Å². The molecule has 2 aromatic carbocycles. The zero-order valence-electron chi connectivity index (χ0n) is 12.8. The lowest BCUT2D eigenvalue weighted by molar-refractivity contribution is 0.0912. The SMILES string of the molecule is O=C(NC(CO)c1cc(F)c(F)c(F)c1)c1nccc2ccccc12. The van der Waals surface area contributed by atoms with Gasteiger partial charge in [0.2, 0.25) is 0 Å². The highest BCUT2D eigenvalue weighted by molar-refractivity contribution is 6.05. The monoisotopic (exact) mass is 346 g/mol. The minimum atomic E-state index is -1.61. The number of halogens is 3. The molecule has 0 spiro atoms. The third kappa shape index (κ3) is 3.32. The minimum Gasteiger partial charge on any atom is -0.394 e. The van der Waals surface area contributed by atoms with Crippen LogP contribution < -0.4 is 5.32 Å². The smallest absolute Gasteiger partial charge is 0.271 e. The number of nitrogens with one attached hydrogen (secondary N) is 1. The second-order valence-electron chi connectivity index (χ2n) is 5.39. The molecule has 0 aliphatic heterocycles. The number of rotatable bonds is 4. The molecular weight excluding hydrogens is 333 g/mol. The van der Waals surface area contributed by atoms with Crippen molar-refractivity contribution in [2.75, 3.05) is 6.61 Å². The first-order valence-electron chi connectivity index (χ1n) is 7.41. The van der Waals surface area contributed by atoms with E-state index in [-0.39, 0.29) is 11.3 Å². The maximum absolute atomic E-state index is 13.4. The first-order chi connectivity index (χ1) is 12.0. The van der Waals surface area contributed by atoms with Crippen LogP contribution in [0.5, 0.6) is 0 Å². The average Bonchev–Trinajstić information content (AvgIpc) is 2.63. The zero-order valence-corrected chi connectivity index (χ0v) is 12.8. The Labute approximate surface area is 140 Å². The maximum Gasteiger partial charge on any atom is 0.271 e. The van der Waals surface area contributed by atoms with Crippen LogP contribution in [0.3, 0.4) is 0 Å². The summed E-state index contributed by atoms with van der Waals surface area (Å²) in [4.78, 5) is 16.5. The Kier molecular flexibility index (Phi) is 4.67. The molecule has 1 amide bonds. The highest BCUT2D eigenvalue weighted by Crippen LogP contribution is 2.21. The summed E-state index contributed by atoms with van der Waals surface area (Å²) in [6.07, 6.45) is 1.46. The summed E-state index contributed by atoms with van der Waals surface area (Å²) in [7, 11) is 0. The quantitative estimate of drug-likeness (QED) is 0.714. The van der Waals surface area contributed by atoms with E-state index in [9.17, 15) is 23.1 Å². The molecule has 0 bridgehead atoms. The normalized spacial score (nSPS) is 12.2. The van der Waals surface area contributed by atoms with Crippen molar-refractivity contribution < 1.29 is 23.1 Å². The third-order valence-corrected chi connectivity index (χ3v) is 3.79. The average molecular weight is 346 g/mol. The summed E-state index contributed by atoms with van der Waals surface area (Å²) in [6, 6.07) is 9.16. The molecule has 3 aromatic rings. The first-order valence-corrected chi connectivity index (χ1v) is 7.41. The van der Waals surface area contributed by atoms with Crippen molar-refractivity contribution in [1.82, 2.24) is 10.3 Å². The van der Waals surface area contributed by atoms with E-state index in [2.05, 4.69) is 10.3 Å². The molecule has 1 heterocycles. The van der Waals surface area contributed by atoms with Crippen LogP contribution in [0, 0.1) is 17.5 Å². The number of aliphatic hydroxyl groups is 1. The number of aliphatic hydroxyl groups excluding tert-OH is 1. The maximum atomic E-state index is 13.4. The number of nitrogens with zero attached hydrogens (tertiary/aromatic N) is 1. The Morgan fingerprint density at radius 3 is 2.48 bits per heavy atom. The summed E-state index contributed by atoms with van der Waals surface area (Å²) in [5.74, 6) is -5.03. The molecule has 0 saturated heterocycles. The molecule has 128 valence electrons. The van der Waals surface area contributed by atoms with Crippen molar-refractivity contribution in [2.24, 2.45) is 0 Å². The predicted octanol–water partition coefficient (Wildman–Crippen LogP) is 3.12. The van der Waals surface area contributed by atoms with E-state index in [1.807, 2.05) is 12.1 Å². The van der Waals surface area contributed by atoms with E-state index >= 15 is 0 Å². The highest BCUT2D eigenvalue weighted by atomic mass is 19.2. The van der Waals surface area contributed by atoms with Crippen LogP contribution in [0.4, 0.5) is 13.2 Å². The topological polar surface area (TPSA) is 62.2 Å². The number of amides is 1. The lowest BCUT2D eigenvalue weighted by atomic mass is 10.1. The van der Waals surface area contributed by atoms with Crippen LogP contribution >= 0.6 is 0 Å². The molecule has 4 nitrogen and oxygen atoms in total. The molecule has 0 radical (unpaired) electrons. The van der Waals surface area contributed by atoms with Crippen LogP contribution in [-0.2, 0) is 0 Å². The Bertz CT molecular complexity index is 918. The fraction of sp³-hybridized carbons (Fsp3) is 0.111. The van der Waals surface area contributed by atoms with Gasteiger partial charge >= 0.3 is 0 Å². The molecular formula is C18H13F3N2O2. The number of benzene rings is 2. The fourth-order valence-electron chi connectivity index (χ4n) is 2.54. The number of carbonyl (C=O) groups excluding carboxylic acids is 1. The molecule has 2 N–H and O–H groups in total. The molecule has 0 fully saturated rings. The molecule has 1 aromatic heterocycles. The molecule has 1 atom stereocenters. The van der Waals surface area contributed by atoms with Gasteiger partial charge in [-0.05, 0) is 29.1 Å². The van der Waals surface area contributed by atoms with Gasteiger partial charge in [-0.2, -0.15) is 0 Å². The van der Waals surface area contributed by atoms with Gasteiger partial charge in [0.25, 0.3) is 5.91 Å². The Morgan fingerprint density at radius 2 is 1.80 bits per heavy atom. The highest BCUT2D eigenvalue weighted by Gasteiger charge is 2.21. The van der Waals surface area contributed by atoms with Gasteiger partial charge in [0.15, 0.2) is 17.5 Å². The lowest BCUT2D eigenvalue weighted by Crippen LogP contribution is -2.31. The number of carbonyl (C=O) groups is 1. The van der Waals surface area contributed by atoms with Gasteiger partial charge in [0, 0.05) is 11.6 Å². The van der Waals surface area contributed by atoms with E-state index < -0.39 is 36.0 Å². The van der Waals surface area contributed by atoms with E-state index in [0.29, 0.717) is 5.39 Å². The summed E-state index contributed by atoms with van der Waals surface area (Å²) in [6.45, 7) is -0.624. The Balaban J connectivity index is 1.92. The fourth-order valence-corrected chi connectivity index (χ4v) is 2.54. The molecule has 0 saturated carbocycles. The molecule has 1 unspecified atom stereocenters. The van der Waals surface area contributed by atoms with Crippen LogP contribution in [0.15, 0.2) is 48.7 Å². The minimum absolute atomic E-state index is 0.0903. The number of fused-ring (bicyclic) bond motifs is 1. The van der Waals surface area contributed by atoms with Gasteiger partial charge in [-0.1, -0.05) is 24.3 Å². The van der Waals surface area contributed by atoms with E-state index in [4.69, 9.17) is 0 Å². The molecule has 0 aliphatic carbocycles. The summed E-state index contributed by atoms with van der Waals surface area (Å²) in [5, 5.41) is 13.3. The van der Waals surface area contributed by atoms with Crippen LogP contribution in [0.2, 0.25) is 0 Å². The van der Waals surface area contributed by atoms with Crippen LogP contribution in [-0.4, -0.2) is 22.6 Å². The van der Waals surface area contributed by atoms with Gasteiger partial charge in [0.05, 0.1) is 12.6 Å². The lowest BCUT2D eigenvalue weighted by Gasteiger charge is -2.17. The molecule has 7 heteroatoms. The van der Waals surface area contributed by atoms with Gasteiger partial charge in [0.1, 0.15) is 5.69 Å². The number of pyridine rings is 1. The van der Waals surface area contributed by atoms with Crippen molar-refractivity contribution in [1.29, 1.82) is 0 Å². The molecule has 0 aliphatic rings. The molecule has 3 rings (SSSR count). The second kappa shape index (κ2) is 6.90. The standard InChI is InChI=1S/C18H13F3N2O2/c19-13-7-11(8-14(20)16(13)21)15(9-24)23-18(25)17-12-4-2-1-3-10(12)5-6-22-17/h1-8,15,24H,9H2,(H,23,25). The molecule has 25 heavy (non-hydrogen) atoms. The van der Waals surface area contributed by atoms with E-state index in [0.717, 1.165) is 17.5 Å². The van der Waals surface area contributed by atoms with Crippen molar-refractivity contribution in [3.8, 4) is 0 Å². The van der Waals surface area contributed by atoms with Crippen molar-refractivity contribution in [3.63, 3.8) is 0 Å². The third-order valence-electron chi connectivity index (χ3n) is 3.79. The van der Waals surface area contributed by atoms with Gasteiger partial charge < -0.3 is 10.4 Å². The van der Waals surface area contributed by atoms with Crippen molar-refractivity contribution in [3.05, 3.63) is 77.4 Å². The second-order valence-corrected chi connectivity index (χ2v) is 5.39. The van der Waals surface area contributed by atoms with E-state index in [1.54, 1.807) is 18.2 Å². The van der Waals surface area contributed by atoms with Crippen molar-refractivity contribution >= 4 is 16.7 Å². The van der Waals surface area contributed by atoms with Gasteiger partial charge in [-0.25, -0.2) is 13.2 Å². The summed E-state index contributed by atoms with van der Waals surface area (Å²) in [5.41, 5.74) is 0.0205. The number of aromatic nitrogens is 1. The Hall–Kier alpha value is -2.93.